The smallest absolute Gasteiger partial charge is 0.309 e. The predicted octanol–water partition coefficient (Wildman–Crippen LogP) is 4.59. The number of carbonyl (C=O) groups is 2. The quantitative estimate of drug-likeness (QED) is 0.637. The van der Waals surface area contributed by atoms with E-state index in [4.69, 9.17) is 4.74 Å². The number of fused-ring (bicyclic) bond motifs is 3. The Morgan fingerprint density at radius 2 is 1.86 bits per heavy atom. The Kier molecular flexibility index (Phi) is 4.90. The van der Waals surface area contributed by atoms with Crippen molar-refractivity contribution in [3.05, 3.63) is 71.4 Å². The van der Waals surface area contributed by atoms with Crippen LogP contribution in [0.15, 0.2) is 54.6 Å². The second kappa shape index (κ2) is 7.50. The molecule has 2 N–H and O–H groups in total. The summed E-state index contributed by atoms with van der Waals surface area (Å²) in [5.74, 6) is -1.69. The maximum absolute atomic E-state index is 12.9. The summed E-state index contributed by atoms with van der Waals surface area (Å²) in [6.45, 7) is 1.86. The molecule has 0 saturated heterocycles. The molecule has 2 aromatic carbocycles. The Bertz CT molecular complexity index is 1010. The van der Waals surface area contributed by atoms with Gasteiger partial charge in [0.2, 0.25) is 0 Å². The zero-order valence-corrected chi connectivity index (χ0v) is 15.7. The monoisotopic (exact) mass is 377 g/mol. The van der Waals surface area contributed by atoms with E-state index >= 15 is 0 Å². The number of rotatable bonds is 5. The summed E-state index contributed by atoms with van der Waals surface area (Å²) >= 11 is 0. The molecule has 1 aliphatic carbocycles. The summed E-state index contributed by atoms with van der Waals surface area (Å²) in [7, 11) is 0. The minimum Gasteiger partial charge on any atom is -0.481 e. The van der Waals surface area contributed by atoms with Crippen LogP contribution in [0.2, 0.25) is 0 Å². The number of esters is 1. The first-order valence-electron chi connectivity index (χ1n) is 9.59. The number of carboxylic acids is 1. The summed E-state index contributed by atoms with van der Waals surface area (Å²) < 4.78 is 5.74. The van der Waals surface area contributed by atoms with Gasteiger partial charge in [0.25, 0.3) is 0 Å². The zero-order chi connectivity index (χ0) is 19.7. The fourth-order valence-corrected chi connectivity index (χ4v) is 4.22. The molecule has 5 heteroatoms. The summed E-state index contributed by atoms with van der Waals surface area (Å²) in [4.78, 5) is 27.7. The maximum Gasteiger partial charge on any atom is 0.309 e. The van der Waals surface area contributed by atoms with E-state index in [1.807, 2.05) is 61.5 Å². The number of H-pyrrole nitrogens is 1. The van der Waals surface area contributed by atoms with Crippen molar-refractivity contribution in [3.8, 4) is 0 Å². The van der Waals surface area contributed by atoms with Gasteiger partial charge in [-0.1, -0.05) is 48.5 Å². The number of carboxylic acid groups (broad SMARTS) is 1. The third kappa shape index (κ3) is 3.52. The number of benzene rings is 2. The van der Waals surface area contributed by atoms with Gasteiger partial charge in [0.15, 0.2) is 0 Å². The summed E-state index contributed by atoms with van der Waals surface area (Å²) in [6, 6.07) is 17.5. The van der Waals surface area contributed by atoms with Crippen LogP contribution in [-0.2, 0) is 20.7 Å². The lowest BCUT2D eigenvalue weighted by atomic mass is 9.78. The van der Waals surface area contributed by atoms with Crippen molar-refractivity contribution in [2.75, 3.05) is 0 Å². The lowest BCUT2D eigenvalue weighted by molar-refractivity contribution is -0.154. The molecule has 0 radical (unpaired) electrons. The van der Waals surface area contributed by atoms with E-state index in [9.17, 15) is 14.7 Å². The molecule has 0 spiro atoms. The van der Waals surface area contributed by atoms with Gasteiger partial charge >= 0.3 is 11.9 Å². The van der Waals surface area contributed by atoms with E-state index in [0.717, 1.165) is 27.7 Å². The minimum atomic E-state index is -0.860. The largest absolute Gasteiger partial charge is 0.481 e. The number of para-hydroxylation sites is 1. The van der Waals surface area contributed by atoms with Gasteiger partial charge in [0.05, 0.1) is 12.3 Å². The molecule has 0 saturated carbocycles. The molecule has 1 heterocycles. The molecule has 3 atom stereocenters. The number of aromatic nitrogens is 1. The van der Waals surface area contributed by atoms with Crippen molar-refractivity contribution in [1.29, 1.82) is 0 Å². The first kappa shape index (κ1) is 18.3. The summed E-state index contributed by atoms with van der Waals surface area (Å²) in [6.07, 6.45) is 0.705. The molecule has 0 aliphatic heterocycles. The van der Waals surface area contributed by atoms with Crippen LogP contribution in [-0.4, -0.2) is 22.0 Å². The van der Waals surface area contributed by atoms with Gasteiger partial charge in [-0.2, -0.15) is 0 Å². The summed E-state index contributed by atoms with van der Waals surface area (Å²) in [5, 5.41) is 10.4. The van der Waals surface area contributed by atoms with Crippen LogP contribution in [0.3, 0.4) is 0 Å². The van der Waals surface area contributed by atoms with Crippen LogP contribution >= 0.6 is 0 Å². The molecule has 4 rings (SSSR count). The SMILES string of the molecule is C[C@@H](OC(=O)C1Cc2c([nH]c3ccccc23)C(CC(=O)O)C1)c1ccccc1. The van der Waals surface area contributed by atoms with Crippen molar-refractivity contribution in [2.45, 2.75) is 38.2 Å². The van der Waals surface area contributed by atoms with Crippen molar-refractivity contribution in [3.63, 3.8) is 0 Å². The van der Waals surface area contributed by atoms with Crippen LogP contribution in [0.5, 0.6) is 0 Å². The molecule has 2 unspecified atom stereocenters. The summed E-state index contributed by atoms with van der Waals surface area (Å²) in [5.41, 5.74) is 3.92. The Hall–Kier alpha value is -3.08. The van der Waals surface area contributed by atoms with Crippen molar-refractivity contribution in [1.82, 2.24) is 4.98 Å². The first-order chi connectivity index (χ1) is 13.5. The topological polar surface area (TPSA) is 79.4 Å². The van der Waals surface area contributed by atoms with Crippen LogP contribution in [0, 0.1) is 5.92 Å². The molecule has 144 valence electrons. The Morgan fingerprint density at radius 1 is 1.14 bits per heavy atom. The van der Waals surface area contributed by atoms with Crippen LogP contribution < -0.4 is 0 Å². The first-order valence-corrected chi connectivity index (χ1v) is 9.59. The van der Waals surface area contributed by atoms with Crippen molar-refractivity contribution >= 4 is 22.8 Å². The highest BCUT2D eigenvalue weighted by Gasteiger charge is 2.36. The van der Waals surface area contributed by atoms with E-state index in [2.05, 4.69) is 4.98 Å². The molecule has 1 aliphatic rings. The van der Waals surface area contributed by atoms with E-state index in [1.165, 1.54) is 0 Å². The Balaban J connectivity index is 1.60. The number of carbonyl (C=O) groups excluding carboxylic acids is 1. The number of aromatic amines is 1. The van der Waals surface area contributed by atoms with Crippen molar-refractivity contribution in [2.24, 2.45) is 5.92 Å². The molecular weight excluding hydrogens is 354 g/mol. The average Bonchev–Trinajstić information content (AvgIpc) is 3.07. The number of hydrogen-bond acceptors (Lipinski definition) is 3. The number of ether oxygens (including phenoxy) is 1. The van der Waals surface area contributed by atoms with Gasteiger partial charge in [-0.15, -0.1) is 0 Å². The predicted molar refractivity (Wildman–Crippen MR) is 106 cm³/mol. The number of aliphatic carboxylic acids is 1. The molecule has 5 nitrogen and oxygen atoms in total. The molecule has 3 aromatic rings. The highest BCUT2D eigenvalue weighted by atomic mass is 16.5. The second-order valence-electron chi connectivity index (χ2n) is 7.48. The molecule has 0 fully saturated rings. The molecule has 0 amide bonds. The Morgan fingerprint density at radius 3 is 2.61 bits per heavy atom. The number of nitrogens with one attached hydrogen (secondary N) is 1. The molecule has 1 aromatic heterocycles. The van der Waals surface area contributed by atoms with Gasteiger partial charge in [0, 0.05) is 22.5 Å². The zero-order valence-electron chi connectivity index (χ0n) is 15.7. The van der Waals surface area contributed by atoms with Gasteiger partial charge in [-0.05, 0) is 37.0 Å². The lowest BCUT2D eigenvalue weighted by Crippen LogP contribution is -2.28. The van der Waals surface area contributed by atoms with Gasteiger partial charge in [-0.25, -0.2) is 0 Å². The highest BCUT2D eigenvalue weighted by Crippen LogP contribution is 2.41. The third-order valence-corrected chi connectivity index (χ3v) is 5.59. The average molecular weight is 377 g/mol. The van der Waals surface area contributed by atoms with E-state index in [1.54, 1.807) is 0 Å². The van der Waals surface area contributed by atoms with Crippen LogP contribution in [0.1, 0.15) is 48.6 Å². The fraction of sp³-hybridized carbons (Fsp3) is 0.304. The third-order valence-electron chi connectivity index (χ3n) is 5.59. The van der Waals surface area contributed by atoms with E-state index < -0.39 is 5.97 Å². The van der Waals surface area contributed by atoms with E-state index in [0.29, 0.717) is 12.8 Å². The van der Waals surface area contributed by atoms with Crippen LogP contribution in [0.25, 0.3) is 10.9 Å². The lowest BCUT2D eigenvalue weighted by Gasteiger charge is -2.28. The van der Waals surface area contributed by atoms with Crippen molar-refractivity contribution < 1.29 is 19.4 Å². The van der Waals surface area contributed by atoms with Gasteiger partial charge < -0.3 is 14.8 Å². The minimum absolute atomic E-state index is 0.00214. The standard InChI is InChI=1S/C23H23NO4/c1-14(15-7-3-2-4-8-15)28-23(27)17-11-16(13-21(25)26)22-19(12-17)18-9-5-6-10-20(18)24-22/h2-10,14,16-17,24H,11-13H2,1H3,(H,25,26)/t14-,16?,17?/m1/s1. The van der Waals surface area contributed by atoms with Crippen LogP contribution in [0.4, 0.5) is 0 Å². The van der Waals surface area contributed by atoms with E-state index in [-0.39, 0.29) is 30.3 Å². The normalized spacial score (nSPS) is 19.8. The van der Waals surface area contributed by atoms with Gasteiger partial charge in [-0.3, -0.25) is 9.59 Å². The number of hydrogen-bond donors (Lipinski definition) is 2. The second-order valence-corrected chi connectivity index (χ2v) is 7.48. The molecule has 28 heavy (non-hydrogen) atoms. The highest BCUT2D eigenvalue weighted by molar-refractivity contribution is 5.87. The maximum atomic E-state index is 12.9. The molecule has 0 bridgehead atoms. The molecular formula is C23H23NO4. The Labute approximate surface area is 163 Å². The van der Waals surface area contributed by atoms with Gasteiger partial charge in [0.1, 0.15) is 6.10 Å². The fourth-order valence-electron chi connectivity index (χ4n) is 4.22.